The maximum atomic E-state index is 8.50. The average molecular weight is 247 g/mol. The third-order valence-corrected chi connectivity index (χ3v) is 2.22. The van der Waals surface area contributed by atoms with Gasteiger partial charge in [-0.05, 0) is 24.1 Å². The molecule has 0 aliphatic heterocycles. The van der Waals surface area contributed by atoms with E-state index in [1.54, 1.807) is 6.08 Å². The highest BCUT2D eigenvalue weighted by Crippen LogP contribution is 2.11. The molecule has 0 heterocycles. The largest absolute Gasteiger partial charge is 0.192 e. The molecule has 0 aliphatic rings. The Morgan fingerprint density at radius 2 is 1.79 bits per heavy atom. The molecule has 0 amide bonds. The molecule has 3 heteroatoms. The number of hydrogen-bond donors (Lipinski definition) is 0. The molecule has 0 saturated heterocycles. The Morgan fingerprint density at radius 1 is 1.21 bits per heavy atom. The van der Waals surface area contributed by atoms with Gasteiger partial charge in [-0.2, -0.15) is 10.5 Å². The van der Waals surface area contributed by atoms with Gasteiger partial charge in [0.25, 0.3) is 0 Å². The fourth-order valence-electron chi connectivity index (χ4n) is 0.957. The Kier molecular flexibility index (Phi) is 3.91. The third kappa shape index (κ3) is 3.05. The molecule has 1 aromatic carbocycles. The molecule has 0 aliphatic carbocycles. The van der Waals surface area contributed by atoms with Crippen molar-refractivity contribution in [2.45, 2.75) is 6.42 Å². The van der Waals surface area contributed by atoms with Crippen molar-refractivity contribution < 1.29 is 0 Å². The first-order chi connectivity index (χ1) is 6.76. The molecule has 1 rings (SSSR count). The minimum absolute atomic E-state index is 0.160. The van der Waals surface area contributed by atoms with Crippen LogP contribution in [0.1, 0.15) is 5.56 Å². The molecule has 14 heavy (non-hydrogen) atoms. The van der Waals surface area contributed by atoms with Gasteiger partial charge in [-0.1, -0.05) is 34.1 Å². The first-order valence-corrected chi connectivity index (χ1v) is 4.80. The topological polar surface area (TPSA) is 47.6 Å². The fourth-order valence-corrected chi connectivity index (χ4v) is 1.22. The Morgan fingerprint density at radius 3 is 2.29 bits per heavy atom. The molecule has 2 nitrogen and oxygen atoms in total. The van der Waals surface area contributed by atoms with Crippen LogP contribution in [0.25, 0.3) is 0 Å². The van der Waals surface area contributed by atoms with E-state index in [4.69, 9.17) is 10.5 Å². The van der Waals surface area contributed by atoms with Crippen LogP contribution < -0.4 is 0 Å². The van der Waals surface area contributed by atoms with Gasteiger partial charge >= 0.3 is 0 Å². The van der Waals surface area contributed by atoms with Crippen molar-refractivity contribution in [2.75, 3.05) is 0 Å². The average Bonchev–Trinajstić information content (AvgIpc) is 2.22. The number of nitrogens with zero attached hydrogens (tertiary/aromatic N) is 2. The summed E-state index contributed by atoms with van der Waals surface area (Å²) in [6.45, 7) is 0. The minimum Gasteiger partial charge on any atom is -0.192 e. The third-order valence-electron chi connectivity index (χ3n) is 1.70. The number of rotatable bonds is 2. The molecule has 1 aromatic rings. The lowest BCUT2D eigenvalue weighted by molar-refractivity contribution is 1.25. The van der Waals surface area contributed by atoms with Gasteiger partial charge in [-0.25, -0.2) is 0 Å². The van der Waals surface area contributed by atoms with E-state index in [-0.39, 0.29) is 5.57 Å². The lowest BCUT2D eigenvalue weighted by Crippen LogP contribution is -1.82. The van der Waals surface area contributed by atoms with E-state index >= 15 is 0 Å². The molecular weight excluding hydrogens is 240 g/mol. The standard InChI is InChI=1S/C11H7BrN2/c12-11-5-3-9(4-6-11)1-2-10(7-13)8-14/h2-6H,1H2. The van der Waals surface area contributed by atoms with Crippen LogP contribution in [-0.2, 0) is 6.42 Å². The molecule has 0 N–H and O–H groups in total. The van der Waals surface area contributed by atoms with Gasteiger partial charge < -0.3 is 0 Å². The summed E-state index contributed by atoms with van der Waals surface area (Å²) < 4.78 is 1.02. The second kappa shape index (κ2) is 5.21. The van der Waals surface area contributed by atoms with Crippen LogP contribution in [0, 0.1) is 22.7 Å². The molecule has 0 unspecified atom stereocenters. The Labute approximate surface area is 91.2 Å². The maximum Gasteiger partial charge on any atom is 0.126 e. The number of nitriles is 2. The van der Waals surface area contributed by atoms with E-state index < -0.39 is 0 Å². The predicted molar refractivity (Wildman–Crippen MR) is 57.2 cm³/mol. The zero-order valence-corrected chi connectivity index (χ0v) is 8.95. The van der Waals surface area contributed by atoms with Gasteiger partial charge in [-0.15, -0.1) is 0 Å². The monoisotopic (exact) mass is 246 g/mol. The summed E-state index contributed by atoms with van der Waals surface area (Å²) in [7, 11) is 0. The molecule has 0 fully saturated rings. The minimum atomic E-state index is 0.160. The lowest BCUT2D eigenvalue weighted by atomic mass is 10.1. The highest BCUT2D eigenvalue weighted by molar-refractivity contribution is 9.10. The smallest absolute Gasteiger partial charge is 0.126 e. The number of allylic oxidation sites excluding steroid dienone is 2. The first-order valence-electron chi connectivity index (χ1n) is 4.01. The number of halogens is 1. The molecule has 0 bridgehead atoms. The maximum absolute atomic E-state index is 8.50. The molecular formula is C11H7BrN2. The van der Waals surface area contributed by atoms with Crippen molar-refractivity contribution >= 4 is 15.9 Å². The van der Waals surface area contributed by atoms with Crippen LogP contribution in [0.5, 0.6) is 0 Å². The van der Waals surface area contributed by atoms with E-state index in [0.717, 1.165) is 10.0 Å². The van der Waals surface area contributed by atoms with Crippen molar-refractivity contribution in [3.05, 3.63) is 46.0 Å². The van der Waals surface area contributed by atoms with Gasteiger partial charge in [0.05, 0.1) is 0 Å². The first kappa shape index (κ1) is 10.5. The van der Waals surface area contributed by atoms with Crippen LogP contribution >= 0.6 is 15.9 Å². The summed E-state index contributed by atoms with van der Waals surface area (Å²) in [5, 5.41) is 17.0. The summed E-state index contributed by atoms with van der Waals surface area (Å²) >= 11 is 3.33. The van der Waals surface area contributed by atoms with Crippen LogP contribution in [-0.4, -0.2) is 0 Å². The van der Waals surface area contributed by atoms with E-state index in [1.807, 2.05) is 36.4 Å². The molecule has 0 spiro atoms. The van der Waals surface area contributed by atoms with Crippen molar-refractivity contribution in [1.82, 2.24) is 0 Å². The highest BCUT2D eigenvalue weighted by atomic mass is 79.9. The Bertz CT molecular complexity index is 402. The SMILES string of the molecule is N#CC(C#N)=CCc1ccc(Br)cc1. The summed E-state index contributed by atoms with van der Waals surface area (Å²) in [4.78, 5) is 0. The lowest BCUT2D eigenvalue weighted by Gasteiger charge is -1.95. The van der Waals surface area contributed by atoms with Gasteiger partial charge in [0, 0.05) is 4.47 Å². The summed E-state index contributed by atoms with van der Waals surface area (Å²) in [6, 6.07) is 11.4. The van der Waals surface area contributed by atoms with Crippen molar-refractivity contribution in [3.63, 3.8) is 0 Å². The predicted octanol–water partition coefficient (Wildman–Crippen LogP) is 2.97. The zero-order valence-electron chi connectivity index (χ0n) is 7.37. The van der Waals surface area contributed by atoms with E-state index in [2.05, 4.69) is 15.9 Å². The summed E-state index contributed by atoms with van der Waals surface area (Å²) in [5.74, 6) is 0. The number of hydrogen-bond acceptors (Lipinski definition) is 2. The zero-order chi connectivity index (χ0) is 10.4. The van der Waals surface area contributed by atoms with Crippen molar-refractivity contribution in [3.8, 4) is 12.1 Å². The molecule has 0 saturated carbocycles. The van der Waals surface area contributed by atoms with Crippen molar-refractivity contribution in [2.24, 2.45) is 0 Å². The fraction of sp³-hybridized carbons (Fsp3) is 0.0909. The second-order valence-electron chi connectivity index (χ2n) is 2.67. The molecule has 68 valence electrons. The van der Waals surface area contributed by atoms with E-state index in [0.29, 0.717) is 6.42 Å². The van der Waals surface area contributed by atoms with E-state index in [1.165, 1.54) is 0 Å². The van der Waals surface area contributed by atoms with Gasteiger partial charge in [0.15, 0.2) is 0 Å². The number of benzene rings is 1. The molecule has 0 aromatic heterocycles. The van der Waals surface area contributed by atoms with Gasteiger partial charge in [-0.3, -0.25) is 0 Å². The van der Waals surface area contributed by atoms with Crippen LogP contribution in [0.4, 0.5) is 0 Å². The summed E-state index contributed by atoms with van der Waals surface area (Å²) in [6.07, 6.45) is 2.24. The second-order valence-corrected chi connectivity index (χ2v) is 3.59. The van der Waals surface area contributed by atoms with Crippen LogP contribution in [0.3, 0.4) is 0 Å². The Balaban J connectivity index is 2.73. The van der Waals surface area contributed by atoms with Crippen LogP contribution in [0.2, 0.25) is 0 Å². The van der Waals surface area contributed by atoms with E-state index in [9.17, 15) is 0 Å². The molecule has 0 atom stereocenters. The Hall–Kier alpha value is -1.58. The quantitative estimate of drug-likeness (QED) is 0.754. The molecule has 0 radical (unpaired) electrons. The van der Waals surface area contributed by atoms with Gasteiger partial charge in [0.2, 0.25) is 0 Å². The van der Waals surface area contributed by atoms with Crippen molar-refractivity contribution in [1.29, 1.82) is 10.5 Å². The van der Waals surface area contributed by atoms with Crippen LogP contribution in [0.15, 0.2) is 40.4 Å². The normalized spacial score (nSPS) is 8.50. The van der Waals surface area contributed by atoms with Gasteiger partial charge in [0.1, 0.15) is 17.7 Å². The summed E-state index contributed by atoms with van der Waals surface area (Å²) in [5.41, 5.74) is 1.24. The highest BCUT2D eigenvalue weighted by Gasteiger charge is 1.93.